The van der Waals surface area contributed by atoms with Crippen molar-refractivity contribution in [3.05, 3.63) is 34.9 Å². The summed E-state index contributed by atoms with van der Waals surface area (Å²) in [6, 6.07) is 8.44. The molecule has 1 aliphatic heterocycles. The third kappa shape index (κ3) is 3.50. The van der Waals surface area contributed by atoms with Crippen molar-refractivity contribution in [1.29, 1.82) is 0 Å². The van der Waals surface area contributed by atoms with Crippen molar-refractivity contribution in [2.24, 2.45) is 11.7 Å². The smallest absolute Gasteiger partial charge is 0.0511 e. The SMILES string of the molecule is CCC1CCN(C(c2ccccc2Cl)C(C)N)CC1. The van der Waals surface area contributed by atoms with Crippen LogP contribution in [-0.4, -0.2) is 24.0 Å². The molecule has 0 radical (unpaired) electrons. The molecule has 1 fully saturated rings. The summed E-state index contributed by atoms with van der Waals surface area (Å²) in [5.74, 6) is 0.885. The molecule has 1 saturated heterocycles. The first-order chi connectivity index (χ1) is 9.13. The van der Waals surface area contributed by atoms with Crippen molar-refractivity contribution in [1.82, 2.24) is 4.90 Å². The van der Waals surface area contributed by atoms with Crippen LogP contribution in [0, 0.1) is 5.92 Å². The molecule has 2 unspecified atom stereocenters. The fourth-order valence-electron chi connectivity index (χ4n) is 3.17. The van der Waals surface area contributed by atoms with Gasteiger partial charge in [-0.15, -0.1) is 0 Å². The first-order valence-electron chi connectivity index (χ1n) is 7.37. The average Bonchev–Trinajstić information content (AvgIpc) is 2.42. The lowest BCUT2D eigenvalue weighted by atomic mass is 9.90. The Kier molecular flexibility index (Phi) is 5.26. The molecule has 0 amide bonds. The monoisotopic (exact) mass is 280 g/mol. The number of nitrogens with zero attached hydrogens (tertiary/aromatic N) is 1. The lowest BCUT2D eigenvalue weighted by Crippen LogP contribution is -2.43. The number of rotatable bonds is 4. The number of nitrogens with two attached hydrogens (primary N) is 1. The molecule has 2 atom stereocenters. The highest BCUT2D eigenvalue weighted by Gasteiger charge is 2.28. The number of piperidine rings is 1. The van der Waals surface area contributed by atoms with Crippen molar-refractivity contribution in [2.75, 3.05) is 13.1 Å². The summed E-state index contributed by atoms with van der Waals surface area (Å²) in [7, 11) is 0. The van der Waals surface area contributed by atoms with E-state index in [0.29, 0.717) is 0 Å². The van der Waals surface area contributed by atoms with E-state index >= 15 is 0 Å². The highest BCUT2D eigenvalue weighted by molar-refractivity contribution is 6.31. The third-order valence-corrected chi connectivity index (χ3v) is 4.69. The van der Waals surface area contributed by atoms with E-state index in [0.717, 1.165) is 24.0 Å². The number of benzene rings is 1. The van der Waals surface area contributed by atoms with Gasteiger partial charge in [0.05, 0.1) is 6.04 Å². The molecule has 1 aromatic rings. The first kappa shape index (κ1) is 14.8. The van der Waals surface area contributed by atoms with Gasteiger partial charge in [-0.1, -0.05) is 43.1 Å². The summed E-state index contributed by atoms with van der Waals surface area (Å²) >= 11 is 6.36. The second-order valence-electron chi connectivity index (χ2n) is 5.71. The summed E-state index contributed by atoms with van der Waals surface area (Å²) in [5, 5.41) is 0.836. The zero-order valence-electron chi connectivity index (χ0n) is 12.0. The van der Waals surface area contributed by atoms with Crippen molar-refractivity contribution in [3.8, 4) is 0 Å². The van der Waals surface area contributed by atoms with Crippen LogP contribution in [0.25, 0.3) is 0 Å². The quantitative estimate of drug-likeness (QED) is 0.908. The minimum Gasteiger partial charge on any atom is -0.326 e. The standard InChI is InChI=1S/C16H25ClN2/c1-3-13-8-10-19(11-9-13)16(12(2)18)14-6-4-5-7-15(14)17/h4-7,12-13,16H,3,8-11,18H2,1-2H3. The maximum absolute atomic E-state index is 6.36. The molecule has 0 bridgehead atoms. The summed E-state index contributed by atoms with van der Waals surface area (Å²) in [6.07, 6.45) is 3.86. The van der Waals surface area contributed by atoms with E-state index in [1.807, 2.05) is 12.1 Å². The Balaban J connectivity index is 2.16. The van der Waals surface area contributed by atoms with Crippen molar-refractivity contribution >= 4 is 11.6 Å². The highest BCUT2D eigenvalue weighted by atomic mass is 35.5. The van der Waals surface area contributed by atoms with E-state index in [1.54, 1.807) is 0 Å². The molecule has 1 aromatic carbocycles. The molecule has 0 aromatic heterocycles. The van der Waals surface area contributed by atoms with Crippen LogP contribution < -0.4 is 5.73 Å². The second-order valence-corrected chi connectivity index (χ2v) is 6.12. The average molecular weight is 281 g/mol. The molecular formula is C16H25ClN2. The van der Waals surface area contributed by atoms with Crippen LogP contribution >= 0.6 is 11.6 Å². The lowest BCUT2D eigenvalue weighted by molar-refractivity contribution is 0.117. The van der Waals surface area contributed by atoms with Gasteiger partial charge in [0.15, 0.2) is 0 Å². The van der Waals surface area contributed by atoms with Crippen LogP contribution in [0.3, 0.4) is 0 Å². The van der Waals surface area contributed by atoms with Crippen LogP contribution in [-0.2, 0) is 0 Å². The van der Waals surface area contributed by atoms with Gasteiger partial charge in [0.1, 0.15) is 0 Å². The first-order valence-corrected chi connectivity index (χ1v) is 7.75. The van der Waals surface area contributed by atoms with E-state index in [4.69, 9.17) is 17.3 Å². The molecule has 0 aliphatic carbocycles. The van der Waals surface area contributed by atoms with Gasteiger partial charge in [-0.05, 0) is 50.4 Å². The number of hydrogen-bond acceptors (Lipinski definition) is 2. The Bertz CT molecular complexity index is 397. The molecular weight excluding hydrogens is 256 g/mol. The summed E-state index contributed by atoms with van der Waals surface area (Å²) in [6.45, 7) is 6.64. The van der Waals surface area contributed by atoms with Gasteiger partial charge in [0, 0.05) is 11.1 Å². The van der Waals surface area contributed by atoms with E-state index in [2.05, 4.69) is 30.9 Å². The zero-order valence-corrected chi connectivity index (χ0v) is 12.7. The molecule has 2 nitrogen and oxygen atoms in total. The Labute approximate surface area is 121 Å². The summed E-state index contributed by atoms with van der Waals surface area (Å²) in [5.41, 5.74) is 7.41. The van der Waals surface area contributed by atoms with Gasteiger partial charge >= 0.3 is 0 Å². The van der Waals surface area contributed by atoms with Crippen molar-refractivity contribution in [2.45, 2.75) is 45.2 Å². The van der Waals surface area contributed by atoms with Gasteiger partial charge in [0.25, 0.3) is 0 Å². The van der Waals surface area contributed by atoms with Gasteiger partial charge in [0.2, 0.25) is 0 Å². The van der Waals surface area contributed by atoms with E-state index < -0.39 is 0 Å². The fourth-order valence-corrected chi connectivity index (χ4v) is 3.41. The van der Waals surface area contributed by atoms with Crippen LogP contribution in [0.2, 0.25) is 5.02 Å². The van der Waals surface area contributed by atoms with Gasteiger partial charge < -0.3 is 5.73 Å². The largest absolute Gasteiger partial charge is 0.326 e. The molecule has 1 aliphatic rings. The van der Waals surface area contributed by atoms with E-state index in [-0.39, 0.29) is 12.1 Å². The minimum atomic E-state index is 0.0954. The van der Waals surface area contributed by atoms with Crippen molar-refractivity contribution in [3.63, 3.8) is 0 Å². The van der Waals surface area contributed by atoms with E-state index in [1.165, 1.54) is 24.8 Å². The Morgan fingerprint density at radius 2 is 1.95 bits per heavy atom. The van der Waals surface area contributed by atoms with Crippen LogP contribution in [0.1, 0.15) is 44.7 Å². The fraction of sp³-hybridized carbons (Fsp3) is 0.625. The lowest BCUT2D eigenvalue weighted by Gasteiger charge is -2.39. The maximum Gasteiger partial charge on any atom is 0.0511 e. The summed E-state index contributed by atoms with van der Waals surface area (Å²) in [4.78, 5) is 2.51. The Morgan fingerprint density at radius 3 is 2.47 bits per heavy atom. The third-order valence-electron chi connectivity index (χ3n) is 4.34. The topological polar surface area (TPSA) is 29.3 Å². The maximum atomic E-state index is 6.36. The predicted octanol–water partition coefficient (Wildman–Crippen LogP) is 3.85. The molecule has 0 saturated carbocycles. The Hall–Kier alpha value is -0.570. The number of hydrogen-bond donors (Lipinski definition) is 1. The molecule has 3 heteroatoms. The molecule has 0 spiro atoms. The molecule has 2 rings (SSSR count). The predicted molar refractivity (Wildman–Crippen MR) is 82.4 cm³/mol. The zero-order chi connectivity index (χ0) is 13.8. The van der Waals surface area contributed by atoms with Crippen LogP contribution in [0.15, 0.2) is 24.3 Å². The second kappa shape index (κ2) is 6.74. The van der Waals surface area contributed by atoms with E-state index in [9.17, 15) is 0 Å². The molecule has 19 heavy (non-hydrogen) atoms. The van der Waals surface area contributed by atoms with Gasteiger partial charge in [-0.3, -0.25) is 4.90 Å². The van der Waals surface area contributed by atoms with Crippen molar-refractivity contribution < 1.29 is 0 Å². The molecule has 2 N–H and O–H groups in total. The molecule has 1 heterocycles. The summed E-state index contributed by atoms with van der Waals surface area (Å²) < 4.78 is 0. The Morgan fingerprint density at radius 1 is 1.32 bits per heavy atom. The van der Waals surface area contributed by atoms with Crippen LogP contribution in [0.5, 0.6) is 0 Å². The number of halogens is 1. The molecule has 106 valence electrons. The highest BCUT2D eigenvalue weighted by Crippen LogP contribution is 2.33. The normalized spacial score (nSPS) is 21.3. The number of likely N-dealkylation sites (tertiary alicyclic amines) is 1. The minimum absolute atomic E-state index is 0.0954. The van der Waals surface area contributed by atoms with Gasteiger partial charge in [-0.25, -0.2) is 0 Å². The van der Waals surface area contributed by atoms with Crippen LogP contribution in [0.4, 0.5) is 0 Å². The van der Waals surface area contributed by atoms with Gasteiger partial charge in [-0.2, -0.15) is 0 Å².